The molecule has 4 rings (SSSR count). The molecule has 0 saturated heterocycles. The van der Waals surface area contributed by atoms with E-state index < -0.39 is 12.1 Å². The first kappa shape index (κ1) is 17.9. The summed E-state index contributed by atoms with van der Waals surface area (Å²) in [5, 5.41) is 2.86. The Labute approximate surface area is 163 Å². The predicted octanol–water partition coefficient (Wildman–Crippen LogP) is 5.94. The van der Waals surface area contributed by atoms with Crippen LogP contribution in [0.15, 0.2) is 53.3 Å². The molecule has 2 heterocycles. The SMILES string of the molecule is FC(F)(F)Oc1ccc(Nc2nc3cccc(Br)c3n3ccnc23)cc1Cl. The Hall–Kier alpha value is -2.52. The predicted molar refractivity (Wildman–Crippen MR) is 99.6 cm³/mol. The molecule has 0 bridgehead atoms. The molecular formula is C17H9BrClF3N4O. The lowest BCUT2D eigenvalue weighted by atomic mass is 10.3. The molecule has 27 heavy (non-hydrogen) atoms. The summed E-state index contributed by atoms with van der Waals surface area (Å²) in [7, 11) is 0. The van der Waals surface area contributed by atoms with E-state index >= 15 is 0 Å². The minimum absolute atomic E-state index is 0.180. The number of ether oxygens (including phenoxy) is 1. The number of benzene rings is 2. The van der Waals surface area contributed by atoms with Crippen LogP contribution in [-0.2, 0) is 0 Å². The van der Waals surface area contributed by atoms with Gasteiger partial charge in [-0.2, -0.15) is 0 Å². The van der Waals surface area contributed by atoms with Crippen LogP contribution in [0.2, 0.25) is 5.02 Å². The van der Waals surface area contributed by atoms with Crippen molar-refractivity contribution < 1.29 is 17.9 Å². The molecule has 0 amide bonds. The Morgan fingerprint density at radius 3 is 2.74 bits per heavy atom. The molecule has 5 nitrogen and oxygen atoms in total. The van der Waals surface area contributed by atoms with Crippen LogP contribution in [0.25, 0.3) is 16.7 Å². The number of para-hydroxylation sites is 1. The number of halogens is 5. The first-order valence-corrected chi connectivity index (χ1v) is 8.72. The molecule has 2 aromatic heterocycles. The van der Waals surface area contributed by atoms with Crippen LogP contribution in [0.4, 0.5) is 24.7 Å². The van der Waals surface area contributed by atoms with Crippen LogP contribution >= 0.6 is 27.5 Å². The van der Waals surface area contributed by atoms with Gasteiger partial charge < -0.3 is 10.1 Å². The van der Waals surface area contributed by atoms with Crippen LogP contribution in [0, 0.1) is 0 Å². The van der Waals surface area contributed by atoms with Gasteiger partial charge in [-0.05, 0) is 46.3 Å². The highest BCUT2D eigenvalue weighted by atomic mass is 79.9. The Kier molecular flexibility index (Phi) is 4.35. The topological polar surface area (TPSA) is 51.5 Å². The largest absolute Gasteiger partial charge is 0.573 e. The van der Waals surface area contributed by atoms with Gasteiger partial charge in [0, 0.05) is 22.6 Å². The average Bonchev–Trinajstić information content (AvgIpc) is 3.06. The number of aromatic nitrogens is 3. The summed E-state index contributed by atoms with van der Waals surface area (Å²) in [4.78, 5) is 8.87. The van der Waals surface area contributed by atoms with E-state index in [9.17, 15) is 13.2 Å². The van der Waals surface area contributed by atoms with Crippen molar-refractivity contribution in [2.45, 2.75) is 6.36 Å². The molecule has 0 spiro atoms. The summed E-state index contributed by atoms with van der Waals surface area (Å²) in [6.45, 7) is 0. The summed E-state index contributed by atoms with van der Waals surface area (Å²) < 4.78 is 43.7. The maximum absolute atomic E-state index is 12.4. The van der Waals surface area contributed by atoms with Crippen molar-refractivity contribution >= 4 is 55.7 Å². The Morgan fingerprint density at radius 1 is 1.19 bits per heavy atom. The zero-order valence-corrected chi connectivity index (χ0v) is 15.6. The quantitative estimate of drug-likeness (QED) is 0.414. The molecule has 0 unspecified atom stereocenters. The molecule has 2 aromatic carbocycles. The van der Waals surface area contributed by atoms with Gasteiger partial charge in [0.1, 0.15) is 5.75 Å². The van der Waals surface area contributed by atoms with Crippen molar-refractivity contribution in [3.8, 4) is 5.75 Å². The first-order chi connectivity index (χ1) is 12.8. The molecule has 1 N–H and O–H groups in total. The lowest BCUT2D eigenvalue weighted by Crippen LogP contribution is -2.17. The molecule has 0 fully saturated rings. The number of alkyl halides is 3. The maximum atomic E-state index is 12.4. The van der Waals surface area contributed by atoms with Gasteiger partial charge in [0.25, 0.3) is 0 Å². The van der Waals surface area contributed by atoms with Crippen LogP contribution in [0.5, 0.6) is 5.75 Å². The minimum Gasteiger partial charge on any atom is -0.404 e. The van der Waals surface area contributed by atoms with Crippen molar-refractivity contribution in [1.82, 2.24) is 14.4 Å². The normalized spacial score (nSPS) is 11.9. The number of fused-ring (bicyclic) bond motifs is 3. The van der Waals surface area contributed by atoms with Gasteiger partial charge in [0.05, 0.1) is 16.1 Å². The molecule has 10 heteroatoms. The van der Waals surface area contributed by atoms with Crippen LogP contribution in [-0.4, -0.2) is 20.7 Å². The second-order valence-electron chi connectivity index (χ2n) is 5.51. The summed E-state index contributed by atoms with van der Waals surface area (Å²) >= 11 is 9.41. The van der Waals surface area contributed by atoms with Crippen molar-refractivity contribution in [3.05, 3.63) is 58.3 Å². The highest BCUT2D eigenvalue weighted by molar-refractivity contribution is 9.10. The standard InChI is InChI=1S/C17H9BrClF3N4O/c18-10-2-1-3-12-14(10)26-7-6-23-16(26)15(25-12)24-9-4-5-13(11(19)8-9)27-17(20,21)22/h1-8H,(H,24,25). The van der Waals surface area contributed by atoms with E-state index in [1.807, 2.05) is 22.6 Å². The fourth-order valence-corrected chi connectivity index (χ4v) is 3.43. The van der Waals surface area contributed by atoms with Gasteiger partial charge in [-0.1, -0.05) is 17.7 Å². The van der Waals surface area contributed by atoms with Crippen molar-refractivity contribution in [2.75, 3.05) is 5.32 Å². The number of nitrogens with one attached hydrogen (secondary N) is 1. The van der Waals surface area contributed by atoms with Gasteiger partial charge in [-0.15, -0.1) is 13.2 Å². The number of hydrogen-bond donors (Lipinski definition) is 1. The van der Waals surface area contributed by atoms with E-state index in [0.717, 1.165) is 16.1 Å². The Balaban J connectivity index is 1.75. The van der Waals surface area contributed by atoms with Crippen molar-refractivity contribution in [3.63, 3.8) is 0 Å². The van der Waals surface area contributed by atoms with E-state index in [2.05, 4.69) is 36.0 Å². The maximum Gasteiger partial charge on any atom is 0.573 e. The fourth-order valence-electron chi connectivity index (χ4n) is 2.67. The Morgan fingerprint density at radius 2 is 2.00 bits per heavy atom. The van der Waals surface area contributed by atoms with Gasteiger partial charge in [-0.3, -0.25) is 4.40 Å². The Bertz CT molecular complexity index is 1160. The molecule has 0 aliphatic heterocycles. The molecule has 138 valence electrons. The smallest absolute Gasteiger partial charge is 0.404 e. The second kappa shape index (κ2) is 6.58. The van der Waals surface area contributed by atoms with E-state index in [1.54, 1.807) is 12.4 Å². The summed E-state index contributed by atoms with van der Waals surface area (Å²) in [5.41, 5.74) is 2.56. The number of anilines is 2. The third-order valence-corrected chi connectivity index (χ3v) is 4.65. The average molecular weight is 458 g/mol. The van der Waals surface area contributed by atoms with Crippen molar-refractivity contribution in [1.29, 1.82) is 0 Å². The van der Waals surface area contributed by atoms with Gasteiger partial charge in [0.2, 0.25) is 0 Å². The minimum atomic E-state index is -4.81. The zero-order chi connectivity index (χ0) is 19.2. The summed E-state index contributed by atoms with van der Waals surface area (Å²) in [5.74, 6) is -0.0396. The number of hydrogen-bond acceptors (Lipinski definition) is 4. The molecule has 0 saturated carbocycles. The highest BCUT2D eigenvalue weighted by Gasteiger charge is 2.32. The van der Waals surface area contributed by atoms with E-state index in [4.69, 9.17) is 11.6 Å². The van der Waals surface area contributed by atoms with Crippen molar-refractivity contribution in [2.24, 2.45) is 0 Å². The van der Waals surface area contributed by atoms with Crippen LogP contribution < -0.4 is 10.1 Å². The molecular weight excluding hydrogens is 449 g/mol. The molecule has 0 aliphatic rings. The van der Waals surface area contributed by atoms with E-state index in [1.165, 1.54) is 12.1 Å². The zero-order valence-electron chi connectivity index (χ0n) is 13.3. The second-order valence-corrected chi connectivity index (χ2v) is 6.77. The van der Waals surface area contributed by atoms with Gasteiger partial charge in [-0.25, -0.2) is 9.97 Å². The van der Waals surface area contributed by atoms with Gasteiger partial charge >= 0.3 is 6.36 Å². The monoisotopic (exact) mass is 456 g/mol. The third-order valence-electron chi connectivity index (χ3n) is 3.71. The van der Waals surface area contributed by atoms with Crippen LogP contribution in [0.1, 0.15) is 0 Å². The molecule has 0 aliphatic carbocycles. The number of rotatable bonds is 3. The van der Waals surface area contributed by atoms with Crippen LogP contribution in [0.3, 0.4) is 0 Å². The fraction of sp³-hybridized carbons (Fsp3) is 0.0588. The summed E-state index contributed by atoms with van der Waals surface area (Å²) in [6, 6.07) is 9.48. The third kappa shape index (κ3) is 3.52. The first-order valence-electron chi connectivity index (χ1n) is 7.55. The summed E-state index contributed by atoms with van der Waals surface area (Å²) in [6.07, 6.45) is -1.38. The molecule has 4 aromatic rings. The lowest BCUT2D eigenvalue weighted by molar-refractivity contribution is -0.274. The molecule has 0 radical (unpaired) electrons. The van der Waals surface area contributed by atoms with E-state index in [-0.39, 0.29) is 5.02 Å². The molecule has 0 atom stereocenters. The van der Waals surface area contributed by atoms with Gasteiger partial charge in [0.15, 0.2) is 11.5 Å². The van der Waals surface area contributed by atoms with E-state index in [0.29, 0.717) is 22.7 Å². The number of imidazole rings is 1. The lowest BCUT2D eigenvalue weighted by Gasteiger charge is -2.13. The number of nitrogens with zero attached hydrogens (tertiary/aromatic N) is 3. The highest BCUT2D eigenvalue weighted by Crippen LogP contribution is 2.34.